The molecule has 0 bridgehead atoms. The number of hydrogen-bond acceptors (Lipinski definition) is 6. The molecule has 1 N–H and O–H groups in total. The molecule has 0 aliphatic heterocycles. The van der Waals surface area contributed by atoms with Crippen molar-refractivity contribution in [2.24, 2.45) is 0 Å². The van der Waals surface area contributed by atoms with Crippen LogP contribution in [0, 0.1) is 0 Å². The number of anilines is 1. The molecule has 0 saturated carbocycles. The fourth-order valence-electron chi connectivity index (χ4n) is 1.88. The topological polar surface area (TPSA) is 72.0 Å². The third-order valence-corrected chi connectivity index (χ3v) is 5.02. The zero-order chi connectivity index (χ0) is 14.9. The Balaban J connectivity index is 1.84. The average Bonchev–Trinajstić information content (AvgIpc) is 2.87. The van der Waals surface area contributed by atoms with E-state index in [4.69, 9.17) is 0 Å². The second kappa shape index (κ2) is 5.42. The molecule has 108 valence electrons. The van der Waals surface area contributed by atoms with Gasteiger partial charge in [-0.05, 0) is 30.3 Å². The number of nitrogens with one attached hydrogen (secondary N) is 1. The van der Waals surface area contributed by atoms with Crippen LogP contribution in [0.2, 0.25) is 0 Å². The summed E-state index contributed by atoms with van der Waals surface area (Å²) in [4.78, 5) is 8.98. The lowest BCUT2D eigenvalue weighted by Gasteiger charge is -2.00. The highest BCUT2D eigenvalue weighted by molar-refractivity contribution is 7.90. The number of hydrogen-bond donors (Lipinski definition) is 1. The van der Waals surface area contributed by atoms with Gasteiger partial charge >= 0.3 is 0 Å². The second-order valence-corrected chi connectivity index (χ2v) is 7.64. The number of thiazole rings is 1. The maximum absolute atomic E-state index is 11.6. The molecule has 2 aromatic heterocycles. The Labute approximate surface area is 126 Å². The number of fused-ring (bicyclic) bond motifs is 1. The fraction of sp³-hybridized carbons (Fsp3) is 0.143. The Morgan fingerprint density at radius 2 is 2.10 bits per heavy atom. The molecule has 0 aliphatic carbocycles. The molecule has 0 unspecified atom stereocenters. The van der Waals surface area contributed by atoms with E-state index in [0.29, 0.717) is 11.4 Å². The van der Waals surface area contributed by atoms with Crippen molar-refractivity contribution in [3.05, 3.63) is 48.3 Å². The quantitative estimate of drug-likeness (QED) is 0.800. The average molecular weight is 319 g/mol. The molecule has 0 spiro atoms. The molecule has 3 rings (SSSR count). The summed E-state index contributed by atoms with van der Waals surface area (Å²) in [5, 5.41) is 3.96. The van der Waals surface area contributed by atoms with Gasteiger partial charge in [-0.25, -0.2) is 13.4 Å². The minimum Gasteiger partial charge on any atom is -0.356 e. The Kier molecular flexibility index (Phi) is 3.60. The van der Waals surface area contributed by atoms with Crippen LogP contribution in [0.15, 0.2) is 47.5 Å². The van der Waals surface area contributed by atoms with E-state index in [-0.39, 0.29) is 0 Å². The number of sulfone groups is 1. The highest BCUT2D eigenvalue weighted by Crippen LogP contribution is 2.28. The lowest BCUT2D eigenvalue weighted by molar-refractivity contribution is 0.602. The summed E-state index contributed by atoms with van der Waals surface area (Å²) in [7, 11) is -3.19. The van der Waals surface area contributed by atoms with Crippen LogP contribution < -0.4 is 5.32 Å². The Morgan fingerprint density at radius 3 is 2.81 bits per heavy atom. The molecule has 5 nitrogen and oxygen atoms in total. The molecule has 1 aromatic carbocycles. The smallest absolute Gasteiger partial charge is 0.184 e. The molecule has 0 fully saturated rings. The van der Waals surface area contributed by atoms with Gasteiger partial charge < -0.3 is 5.32 Å². The lowest BCUT2D eigenvalue weighted by Crippen LogP contribution is -2.00. The summed E-state index contributed by atoms with van der Waals surface area (Å²) in [5.74, 6) is 0. The predicted octanol–water partition coefficient (Wildman–Crippen LogP) is 2.71. The number of nitrogens with zero attached hydrogens (tertiary/aromatic N) is 2. The first-order valence-corrected chi connectivity index (χ1v) is 8.97. The van der Waals surface area contributed by atoms with Crippen LogP contribution in [0.4, 0.5) is 5.13 Å². The van der Waals surface area contributed by atoms with Gasteiger partial charge in [0.25, 0.3) is 0 Å². The van der Waals surface area contributed by atoms with Gasteiger partial charge in [-0.15, -0.1) is 0 Å². The van der Waals surface area contributed by atoms with Gasteiger partial charge in [0.05, 0.1) is 27.4 Å². The first-order chi connectivity index (χ1) is 10.0. The van der Waals surface area contributed by atoms with Gasteiger partial charge in [0, 0.05) is 12.5 Å². The largest absolute Gasteiger partial charge is 0.356 e. The maximum Gasteiger partial charge on any atom is 0.184 e. The van der Waals surface area contributed by atoms with E-state index in [9.17, 15) is 8.42 Å². The van der Waals surface area contributed by atoms with E-state index in [1.807, 2.05) is 18.2 Å². The first kappa shape index (κ1) is 14.0. The lowest BCUT2D eigenvalue weighted by atomic mass is 10.3. The van der Waals surface area contributed by atoms with Crippen molar-refractivity contribution in [2.45, 2.75) is 11.4 Å². The van der Waals surface area contributed by atoms with Crippen molar-refractivity contribution in [3.8, 4) is 0 Å². The molecule has 7 heteroatoms. The van der Waals surface area contributed by atoms with Gasteiger partial charge in [0.2, 0.25) is 0 Å². The van der Waals surface area contributed by atoms with E-state index < -0.39 is 9.84 Å². The summed E-state index contributed by atoms with van der Waals surface area (Å²) in [5.41, 5.74) is 1.71. The van der Waals surface area contributed by atoms with Crippen molar-refractivity contribution in [3.63, 3.8) is 0 Å². The monoisotopic (exact) mass is 319 g/mol. The SMILES string of the molecule is CS(=O)(=O)c1ccc2nc(NCc3ccccn3)sc2c1. The van der Waals surface area contributed by atoms with Gasteiger partial charge in [0.1, 0.15) is 0 Å². The van der Waals surface area contributed by atoms with E-state index >= 15 is 0 Å². The van der Waals surface area contributed by atoms with E-state index in [2.05, 4.69) is 15.3 Å². The van der Waals surface area contributed by atoms with E-state index in [1.165, 1.54) is 17.6 Å². The van der Waals surface area contributed by atoms with Crippen LogP contribution in [-0.2, 0) is 16.4 Å². The Hall–Kier alpha value is -1.99. The molecule has 0 aliphatic rings. The highest BCUT2D eigenvalue weighted by Gasteiger charge is 2.10. The molecule has 3 aromatic rings. The maximum atomic E-state index is 11.6. The van der Waals surface area contributed by atoms with Gasteiger partial charge in [-0.3, -0.25) is 4.98 Å². The van der Waals surface area contributed by atoms with Crippen molar-refractivity contribution in [1.29, 1.82) is 0 Å². The van der Waals surface area contributed by atoms with Crippen molar-refractivity contribution < 1.29 is 8.42 Å². The summed E-state index contributed by atoms with van der Waals surface area (Å²) in [6.45, 7) is 0.583. The summed E-state index contributed by atoms with van der Waals surface area (Å²) in [6.07, 6.45) is 2.95. The Morgan fingerprint density at radius 1 is 1.24 bits per heavy atom. The normalized spacial score (nSPS) is 11.7. The van der Waals surface area contributed by atoms with Crippen LogP contribution >= 0.6 is 11.3 Å². The molecular formula is C14H13N3O2S2. The molecule has 0 saturated heterocycles. The van der Waals surface area contributed by atoms with Gasteiger partial charge in [0.15, 0.2) is 15.0 Å². The Bertz CT molecular complexity index is 874. The zero-order valence-electron chi connectivity index (χ0n) is 11.3. The van der Waals surface area contributed by atoms with Gasteiger partial charge in [-0.2, -0.15) is 0 Å². The standard InChI is InChI=1S/C14H13N3O2S2/c1-21(18,19)11-5-6-12-13(8-11)20-14(17-12)16-9-10-4-2-3-7-15-10/h2-8H,9H2,1H3,(H,16,17). The highest BCUT2D eigenvalue weighted by atomic mass is 32.2. The molecule has 21 heavy (non-hydrogen) atoms. The molecule has 0 amide bonds. The van der Waals surface area contributed by atoms with Crippen molar-refractivity contribution in [2.75, 3.05) is 11.6 Å². The van der Waals surface area contributed by atoms with Gasteiger partial charge in [-0.1, -0.05) is 17.4 Å². The summed E-state index contributed by atoms with van der Waals surface area (Å²) in [6, 6.07) is 10.7. The van der Waals surface area contributed by atoms with E-state index in [1.54, 1.807) is 24.4 Å². The number of aromatic nitrogens is 2. The fourth-order valence-corrected chi connectivity index (χ4v) is 3.50. The minimum absolute atomic E-state index is 0.315. The molecule has 2 heterocycles. The van der Waals surface area contributed by atoms with Crippen LogP contribution in [0.25, 0.3) is 10.2 Å². The van der Waals surface area contributed by atoms with Crippen LogP contribution in [0.1, 0.15) is 5.69 Å². The predicted molar refractivity (Wildman–Crippen MR) is 84.3 cm³/mol. The first-order valence-electron chi connectivity index (χ1n) is 6.27. The number of rotatable bonds is 4. The van der Waals surface area contributed by atoms with Crippen molar-refractivity contribution >= 4 is 36.5 Å². The van der Waals surface area contributed by atoms with E-state index in [0.717, 1.165) is 21.0 Å². The second-order valence-electron chi connectivity index (χ2n) is 4.60. The van der Waals surface area contributed by atoms with Crippen LogP contribution in [0.5, 0.6) is 0 Å². The third kappa shape index (κ3) is 3.20. The minimum atomic E-state index is -3.19. The molecule has 0 atom stereocenters. The molecule has 0 radical (unpaired) electrons. The summed E-state index contributed by atoms with van der Waals surface area (Å²) >= 11 is 1.43. The number of benzene rings is 1. The van der Waals surface area contributed by atoms with Crippen molar-refractivity contribution in [1.82, 2.24) is 9.97 Å². The third-order valence-electron chi connectivity index (χ3n) is 2.93. The van der Waals surface area contributed by atoms with Crippen LogP contribution in [-0.4, -0.2) is 24.6 Å². The summed E-state index contributed by atoms with van der Waals surface area (Å²) < 4.78 is 24.0. The zero-order valence-corrected chi connectivity index (χ0v) is 12.9. The number of pyridine rings is 1. The molecular weight excluding hydrogens is 306 g/mol. The van der Waals surface area contributed by atoms with Crippen LogP contribution in [0.3, 0.4) is 0 Å².